The third-order valence-corrected chi connectivity index (χ3v) is 2.79. The van der Waals surface area contributed by atoms with Gasteiger partial charge in [0.2, 0.25) is 0 Å². The number of nitrogens with zero attached hydrogens (tertiary/aromatic N) is 1. The van der Waals surface area contributed by atoms with E-state index in [9.17, 15) is 9.90 Å². The highest BCUT2D eigenvalue weighted by atomic mass is 16.3. The number of nitrogens with one attached hydrogen (secondary N) is 1. The van der Waals surface area contributed by atoms with Crippen LogP contribution in [-0.2, 0) is 0 Å². The number of phenols is 1. The molecule has 0 spiro atoms. The molecule has 1 aromatic carbocycles. The Morgan fingerprint density at radius 3 is 2.68 bits per heavy atom. The molecule has 0 atom stereocenters. The standard InChI is InChI=1S/C14H15N3O2/c1-8-3-4-10(12(18)5-8)14(19)17-13-6-9(2)11(15)7-16-13/h3-7,18H,15H2,1-2H3,(H,16,17,19). The number of hydrogen-bond acceptors (Lipinski definition) is 4. The van der Waals surface area contributed by atoms with Gasteiger partial charge in [-0.3, -0.25) is 4.79 Å². The monoisotopic (exact) mass is 257 g/mol. The van der Waals surface area contributed by atoms with Crippen molar-refractivity contribution < 1.29 is 9.90 Å². The minimum Gasteiger partial charge on any atom is -0.507 e. The Bertz CT molecular complexity index is 639. The van der Waals surface area contributed by atoms with Gasteiger partial charge < -0.3 is 16.2 Å². The van der Waals surface area contributed by atoms with Gasteiger partial charge in [0, 0.05) is 0 Å². The summed E-state index contributed by atoms with van der Waals surface area (Å²) < 4.78 is 0. The van der Waals surface area contributed by atoms with E-state index in [0.29, 0.717) is 11.5 Å². The van der Waals surface area contributed by atoms with Gasteiger partial charge in [0.15, 0.2) is 0 Å². The van der Waals surface area contributed by atoms with Crippen LogP contribution in [0.1, 0.15) is 21.5 Å². The third kappa shape index (κ3) is 2.82. The second-order valence-electron chi connectivity index (χ2n) is 4.40. The van der Waals surface area contributed by atoms with Crippen LogP contribution in [0.25, 0.3) is 0 Å². The molecule has 0 bridgehead atoms. The fraction of sp³-hybridized carbons (Fsp3) is 0.143. The molecule has 0 aliphatic rings. The summed E-state index contributed by atoms with van der Waals surface area (Å²) >= 11 is 0. The molecular formula is C14H15N3O2. The second-order valence-corrected chi connectivity index (χ2v) is 4.40. The molecule has 1 aromatic heterocycles. The molecule has 19 heavy (non-hydrogen) atoms. The number of nitrogen functional groups attached to an aromatic ring is 1. The average molecular weight is 257 g/mol. The Labute approximate surface area is 111 Å². The molecule has 0 aliphatic heterocycles. The van der Waals surface area contributed by atoms with Crippen molar-refractivity contribution in [1.82, 2.24) is 4.98 Å². The van der Waals surface area contributed by atoms with Gasteiger partial charge in [-0.25, -0.2) is 4.98 Å². The molecule has 0 unspecified atom stereocenters. The first-order valence-electron chi connectivity index (χ1n) is 5.80. The Kier molecular flexibility index (Phi) is 3.37. The summed E-state index contributed by atoms with van der Waals surface area (Å²) in [5.41, 5.74) is 8.15. The van der Waals surface area contributed by atoms with Gasteiger partial charge in [-0.05, 0) is 43.2 Å². The van der Waals surface area contributed by atoms with Gasteiger partial charge in [-0.1, -0.05) is 6.07 Å². The summed E-state index contributed by atoms with van der Waals surface area (Å²) in [6.45, 7) is 3.67. The Balaban J connectivity index is 2.23. The van der Waals surface area contributed by atoms with Crippen molar-refractivity contribution in [2.45, 2.75) is 13.8 Å². The predicted octanol–water partition coefficient (Wildman–Crippen LogP) is 2.24. The van der Waals surface area contributed by atoms with Crippen LogP contribution in [0.4, 0.5) is 11.5 Å². The Morgan fingerprint density at radius 2 is 2.05 bits per heavy atom. The summed E-state index contributed by atoms with van der Waals surface area (Å²) in [7, 11) is 0. The Morgan fingerprint density at radius 1 is 1.32 bits per heavy atom. The predicted molar refractivity (Wildman–Crippen MR) is 74.2 cm³/mol. The molecule has 0 aliphatic carbocycles. The number of phenolic OH excluding ortho intramolecular Hbond substituents is 1. The van der Waals surface area contributed by atoms with Gasteiger partial charge >= 0.3 is 0 Å². The van der Waals surface area contributed by atoms with Crippen LogP contribution in [0.2, 0.25) is 0 Å². The normalized spacial score (nSPS) is 10.2. The number of amides is 1. The lowest BCUT2D eigenvalue weighted by Gasteiger charge is -2.08. The fourth-order valence-electron chi connectivity index (χ4n) is 1.65. The number of carbonyl (C=O) groups excluding carboxylic acids is 1. The summed E-state index contributed by atoms with van der Waals surface area (Å²) in [6.07, 6.45) is 1.49. The minimum absolute atomic E-state index is 0.0512. The summed E-state index contributed by atoms with van der Waals surface area (Å²) in [6, 6.07) is 6.55. The molecule has 0 fully saturated rings. The first kappa shape index (κ1) is 12.9. The molecule has 0 radical (unpaired) electrons. The van der Waals surface area contributed by atoms with Gasteiger partial charge in [0.1, 0.15) is 11.6 Å². The second kappa shape index (κ2) is 4.97. The van der Waals surface area contributed by atoms with Crippen molar-refractivity contribution in [1.29, 1.82) is 0 Å². The first-order chi connectivity index (χ1) is 8.97. The summed E-state index contributed by atoms with van der Waals surface area (Å²) in [5, 5.41) is 12.4. The number of rotatable bonds is 2. The zero-order valence-electron chi connectivity index (χ0n) is 10.8. The van der Waals surface area contributed by atoms with Crippen molar-refractivity contribution in [3.8, 4) is 5.75 Å². The lowest BCUT2D eigenvalue weighted by atomic mass is 10.1. The van der Waals surface area contributed by atoms with E-state index in [-0.39, 0.29) is 11.3 Å². The van der Waals surface area contributed by atoms with Crippen LogP contribution in [0.3, 0.4) is 0 Å². The summed E-state index contributed by atoms with van der Waals surface area (Å²) in [5.74, 6) is -0.0597. The molecular weight excluding hydrogens is 242 g/mol. The van der Waals surface area contributed by atoms with Crippen molar-refractivity contribution in [3.05, 3.63) is 47.2 Å². The highest BCUT2D eigenvalue weighted by Crippen LogP contribution is 2.20. The maximum atomic E-state index is 12.0. The van der Waals surface area contributed by atoms with Crippen LogP contribution in [0.15, 0.2) is 30.5 Å². The van der Waals surface area contributed by atoms with E-state index >= 15 is 0 Å². The maximum Gasteiger partial charge on any atom is 0.260 e. The quantitative estimate of drug-likeness (QED) is 0.769. The molecule has 2 rings (SSSR count). The molecule has 98 valence electrons. The summed E-state index contributed by atoms with van der Waals surface area (Å²) in [4.78, 5) is 16.0. The van der Waals surface area contributed by atoms with Crippen molar-refractivity contribution in [2.75, 3.05) is 11.1 Å². The van der Waals surface area contributed by atoms with Crippen molar-refractivity contribution in [3.63, 3.8) is 0 Å². The van der Waals surface area contributed by atoms with E-state index in [0.717, 1.165) is 11.1 Å². The molecule has 4 N–H and O–H groups in total. The van der Waals surface area contributed by atoms with E-state index < -0.39 is 5.91 Å². The lowest BCUT2D eigenvalue weighted by Crippen LogP contribution is -2.13. The van der Waals surface area contributed by atoms with E-state index in [2.05, 4.69) is 10.3 Å². The van der Waals surface area contributed by atoms with E-state index in [1.165, 1.54) is 12.3 Å². The zero-order valence-corrected chi connectivity index (χ0v) is 10.8. The van der Waals surface area contributed by atoms with Gasteiger partial charge in [0.05, 0.1) is 17.4 Å². The highest BCUT2D eigenvalue weighted by molar-refractivity contribution is 6.05. The number of hydrogen-bond donors (Lipinski definition) is 3. The average Bonchev–Trinajstić information content (AvgIpc) is 2.33. The molecule has 2 aromatic rings. The molecule has 0 saturated carbocycles. The van der Waals surface area contributed by atoms with Crippen molar-refractivity contribution in [2.24, 2.45) is 0 Å². The van der Waals surface area contributed by atoms with Crippen molar-refractivity contribution >= 4 is 17.4 Å². The minimum atomic E-state index is -0.408. The number of benzene rings is 1. The topological polar surface area (TPSA) is 88.2 Å². The van der Waals surface area contributed by atoms with Crippen LogP contribution in [0, 0.1) is 13.8 Å². The molecule has 1 heterocycles. The number of aromatic hydroxyl groups is 1. The Hall–Kier alpha value is -2.56. The third-order valence-electron chi connectivity index (χ3n) is 2.79. The van der Waals surface area contributed by atoms with Crippen LogP contribution < -0.4 is 11.1 Å². The number of aromatic nitrogens is 1. The molecule has 5 nitrogen and oxygen atoms in total. The van der Waals surface area contributed by atoms with Crippen LogP contribution in [-0.4, -0.2) is 16.0 Å². The van der Waals surface area contributed by atoms with Gasteiger partial charge in [-0.2, -0.15) is 0 Å². The molecule has 0 saturated heterocycles. The fourth-order valence-corrected chi connectivity index (χ4v) is 1.65. The number of aryl methyl sites for hydroxylation is 2. The molecule has 5 heteroatoms. The molecule has 1 amide bonds. The smallest absolute Gasteiger partial charge is 0.260 e. The maximum absolute atomic E-state index is 12.0. The largest absolute Gasteiger partial charge is 0.507 e. The van der Waals surface area contributed by atoms with Crippen LogP contribution in [0.5, 0.6) is 5.75 Å². The number of pyridine rings is 1. The van der Waals surface area contributed by atoms with E-state index in [1.54, 1.807) is 18.2 Å². The lowest BCUT2D eigenvalue weighted by molar-refractivity contribution is 0.102. The van der Waals surface area contributed by atoms with E-state index in [1.807, 2.05) is 13.8 Å². The van der Waals surface area contributed by atoms with Gasteiger partial charge in [-0.15, -0.1) is 0 Å². The number of carbonyl (C=O) groups is 1. The SMILES string of the molecule is Cc1ccc(C(=O)Nc2cc(C)c(N)cn2)c(O)c1. The number of anilines is 2. The first-order valence-corrected chi connectivity index (χ1v) is 5.80. The van der Waals surface area contributed by atoms with Crippen LogP contribution >= 0.6 is 0 Å². The number of nitrogens with two attached hydrogens (primary N) is 1. The van der Waals surface area contributed by atoms with E-state index in [4.69, 9.17) is 5.73 Å². The zero-order chi connectivity index (χ0) is 14.0. The highest BCUT2D eigenvalue weighted by Gasteiger charge is 2.12. The van der Waals surface area contributed by atoms with Gasteiger partial charge in [0.25, 0.3) is 5.91 Å².